The van der Waals surface area contributed by atoms with Crippen LogP contribution in [0.2, 0.25) is 0 Å². The number of nitrogens with zero attached hydrogens (tertiary/aromatic N) is 4. The van der Waals surface area contributed by atoms with Crippen molar-refractivity contribution < 1.29 is 14.3 Å². The average molecular weight is 351 g/mol. The Hall–Kier alpha value is -1.93. The third-order valence-corrected chi connectivity index (χ3v) is 4.83. The van der Waals surface area contributed by atoms with Crippen molar-refractivity contribution in [1.29, 1.82) is 0 Å². The Morgan fingerprint density at radius 1 is 1.44 bits per heavy atom. The molecule has 0 bridgehead atoms. The van der Waals surface area contributed by atoms with Crippen molar-refractivity contribution in [2.75, 3.05) is 47.4 Å². The largest absolute Gasteiger partial charge is 0.383 e. The van der Waals surface area contributed by atoms with Gasteiger partial charge in [-0.05, 0) is 19.5 Å². The van der Waals surface area contributed by atoms with E-state index >= 15 is 0 Å². The third-order valence-electron chi connectivity index (χ3n) is 4.83. The highest BCUT2D eigenvalue weighted by Crippen LogP contribution is 2.35. The van der Waals surface area contributed by atoms with Crippen molar-refractivity contribution in [2.24, 2.45) is 13.0 Å². The number of amides is 2. The second kappa shape index (κ2) is 8.96. The van der Waals surface area contributed by atoms with Crippen LogP contribution in [0, 0.1) is 5.92 Å². The fraction of sp³-hybridized carbons (Fsp3) is 0.706. The van der Waals surface area contributed by atoms with Crippen LogP contribution in [-0.4, -0.2) is 78.8 Å². The number of methoxy groups -OCH3 is 1. The van der Waals surface area contributed by atoms with E-state index in [9.17, 15) is 9.59 Å². The number of likely N-dealkylation sites (tertiary alicyclic amines) is 1. The maximum absolute atomic E-state index is 12.7. The lowest BCUT2D eigenvalue weighted by atomic mass is 9.86. The summed E-state index contributed by atoms with van der Waals surface area (Å²) in [5.74, 6) is -0.206. The molecule has 0 saturated carbocycles. The Morgan fingerprint density at radius 2 is 2.20 bits per heavy atom. The van der Waals surface area contributed by atoms with Crippen LogP contribution in [0.3, 0.4) is 0 Å². The Kier molecular flexibility index (Phi) is 6.95. The summed E-state index contributed by atoms with van der Waals surface area (Å²) < 4.78 is 6.78. The van der Waals surface area contributed by atoms with Crippen LogP contribution in [0.15, 0.2) is 12.3 Å². The van der Waals surface area contributed by atoms with Gasteiger partial charge in [-0.3, -0.25) is 14.3 Å². The molecule has 1 saturated heterocycles. The second-order valence-corrected chi connectivity index (χ2v) is 6.56. The summed E-state index contributed by atoms with van der Waals surface area (Å²) in [7, 11) is 7.27. The zero-order valence-electron chi connectivity index (χ0n) is 15.6. The van der Waals surface area contributed by atoms with E-state index in [1.807, 2.05) is 20.2 Å². The maximum Gasteiger partial charge on any atom is 0.225 e. The zero-order chi connectivity index (χ0) is 18.4. The molecule has 2 heterocycles. The van der Waals surface area contributed by atoms with E-state index in [-0.39, 0.29) is 23.8 Å². The molecule has 140 valence electrons. The Balaban J connectivity index is 1.99. The molecule has 2 atom stereocenters. The van der Waals surface area contributed by atoms with Crippen LogP contribution < -0.4 is 5.32 Å². The molecule has 1 aromatic heterocycles. The van der Waals surface area contributed by atoms with Gasteiger partial charge < -0.3 is 19.9 Å². The van der Waals surface area contributed by atoms with Gasteiger partial charge in [0.05, 0.1) is 24.3 Å². The molecule has 8 heteroatoms. The van der Waals surface area contributed by atoms with E-state index in [2.05, 4.69) is 15.3 Å². The summed E-state index contributed by atoms with van der Waals surface area (Å²) in [5, 5.41) is 7.20. The lowest BCUT2D eigenvalue weighted by molar-refractivity contribution is -0.141. The van der Waals surface area contributed by atoms with Crippen molar-refractivity contribution in [3.05, 3.63) is 18.0 Å². The van der Waals surface area contributed by atoms with Gasteiger partial charge in [0.25, 0.3) is 0 Å². The monoisotopic (exact) mass is 351 g/mol. The quantitative estimate of drug-likeness (QED) is 0.714. The Bertz CT molecular complexity index is 589. The summed E-state index contributed by atoms with van der Waals surface area (Å²) in [5.41, 5.74) is 0.882. The van der Waals surface area contributed by atoms with Crippen molar-refractivity contribution >= 4 is 11.8 Å². The number of nitrogens with one attached hydrogen (secondary N) is 1. The number of hydrogen-bond acceptors (Lipinski definition) is 5. The molecule has 1 aromatic rings. The van der Waals surface area contributed by atoms with Crippen molar-refractivity contribution in [3.63, 3.8) is 0 Å². The fourth-order valence-corrected chi connectivity index (χ4v) is 3.25. The number of aromatic nitrogens is 2. The highest BCUT2D eigenvalue weighted by atomic mass is 16.5. The molecule has 0 unspecified atom stereocenters. The molecule has 1 aliphatic rings. The summed E-state index contributed by atoms with van der Waals surface area (Å²) in [4.78, 5) is 28.7. The first-order valence-corrected chi connectivity index (χ1v) is 8.64. The van der Waals surface area contributed by atoms with E-state index in [1.54, 1.807) is 29.9 Å². The van der Waals surface area contributed by atoms with Gasteiger partial charge in [0, 0.05) is 53.5 Å². The number of ether oxygens (including phenoxy) is 1. The van der Waals surface area contributed by atoms with Gasteiger partial charge in [-0.2, -0.15) is 5.10 Å². The first-order chi connectivity index (χ1) is 12.0. The van der Waals surface area contributed by atoms with Gasteiger partial charge in [0.1, 0.15) is 0 Å². The number of carbonyl (C=O) groups is 2. The predicted octanol–water partition coefficient (Wildman–Crippen LogP) is 0.0240. The summed E-state index contributed by atoms with van der Waals surface area (Å²) >= 11 is 0. The number of rotatable bonds is 8. The van der Waals surface area contributed by atoms with Gasteiger partial charge >= 0.3 is 0 Å². The number of likely N-dealkylation sites (N-methyl/N-ethyl adjacent to an activating group) is 1. The Labute approximate surface area is 149 Å². The minimum atomic E-state index is -0.278. The predicted molar refractivity (Wildman–Crippen MR) is 93.8 cm³/mol. The SMILES string of the molecule is COCCN(C)CCNC(=O)[C@H]1CCC(=O)N(C)[C@@H]1c1ccnn1C. The van der Waals surface area contributed by atoms with E-state index in [4.69, 9.17) is 4.74 Å². The van der Waals surface area contributed by atoms with Crippen LogP contribution in [0.25, 0.3) is 0 Å². The molecular formula is C17H29N5O3. The average Bonchev–Trinajstić information content (AvgIpc) is 3.00. The van der Waals surface area contributed by atoms with Crippen LogP contribution in [0.1, 0.15) is 24.6 Å². The van der Waals surface area contributed by atoms with Crippen molar-refractivity contribution in [3.8, 4) is 0 Å². The molecule has 1 N–H and O–H groups in total. The van der Waals surface area contributed by atoms with Crippen molar-refractivity contribution in [1.82, 2.24) is 24.9 Å². The molecule has 8 nitrogen and oxygen atoms in total. The minimum absolute atomic E-state index is 0.00862. The first kappa shape index (κ1) is 19.4. The summed E-state index contributed by atoms with van der Waals surface area (Å²) in [6.45, 7) is 2.82. The standard InChI is InChI=1S/C17H29N5O3/c1-20(11-12-25-4)10-9-18-17(24)13-5-6-15(23)21(2)16(13)14-7-8-19-22(14)3/h7-8,13,16H,5-6,9-12H2,1-4H3,(H,18,24)/t13-,16-/m0/s1. The number of hydrogen-bond donors (Lipinski definition) is 1. The summed E-state index contributed by atoms with van der Waals surface area (Å²) in [6, 6.07) is 1.60. The van der Waals surface area contributed by atoms with Crippen LogP contribution in [0.4, 0.5) is 0 Å². The first-order valence-electron chi connectivity index (χ1n) is 8.64. The van der Waals surface area contributed by atoms with E-state index < -0.39 is 0 Å². The lowest BCUT2D eigenvalue weighted by Gasteiger charge is -2.38. The molecule has 0 aromatic carbocycles. The normalized spacial score (nSPS) is 21.0. The molecule has 0 spiro atoms. The molecule has 0 aliphatic carbocycles. The number of aryl methyl sites for hydroxylation is 1. The number of piperidine rings is 1. The smallest absolute Gasteiger partial charge is 0.225 e. The molecule has 0 radical (unpaired) electrons. The van der Waals surface area contributed by atoms with E-state index in [1.165, 1.54) is 0 Å². The van der Waals surface area contributed by atoms with Gasteiger partial charge in [0.15, 0.2) is 0 Å². The van der Waals surface area contributed by atoms with Crippen LogP contribution in [0.5, 0.6) is 0 Å². The van der Waals surface area contributed by atoms with Gasteiger partial charge in [-0.1, -0.05) is 0 Å². The molecule has 2 amide bonds. The molecule has 2 rings (SSSR count). The molecule has 1 aliphatic heterocycles. The van der Waals surface area contributed by atoms with Gasteiger partial charge in [-0.25, -0.2) is 0 Å². The molecule has 25 heavy (non-hydrogen) atoms. The topological polar surface area (TPSA) is 79.7 Å². The maximum atomic E-state index is 12.7. The highest BCUT2D eigenvalue weighted by Gasteiger charge is 2.40. The fourth-order valence-electron chi connectivity index (χ4n) is 3.25. The second-order valence-electron chi connectivity index (χ2n) is 6.56. The number of carbonyl (C=O) groups excluding carboxylic acids is 2. The third kappa shape index (κ3) is 4.79. The van der Waals surface area contributed by atoms with Crippen LogP contribution in [-0.2, 0) is 21.4 Å². The zero-order valence-corrected chi connectivity index (χ0v) is 15.6. The minimum Gasteiger partial charge on any atom is -0.383 e. The lowest BCUT2D eigenvalue weighted by Crippen LogP contribution is -2.47. The highest BCUT2D eigenvalue weighted by molar-refractivity contribution is 5.84. The van der Waals surface area contributed by atoms with Crippen molar-refractivity contribution in [2.45, 2.75) is 18.9 Å². The molecular weight excluding hydrogens is 322 g/mol. The van der Waals surface area contributed by atoms with Crippen LogP contribution >= 0.6 is 0 Å². The van der Waals surface area contributed by atoms with Gasteiger partial charge in [-0.15, -0.1) is 0 Å². The summed E-state index contributed by atoms with van der Waals surface area (Å²) in [6.07, 6.45) is 2.66. The van der Waals surface area contributed by atoms with E-state index in [0.717, 1.165) is 18.8 Å². The molecule has 1 fully saturated rings. The van der Waals surface area contributed by atoms with E-state index in [0.29, 0.717) is 26.0 Å². The van der Waals surface area contributed by atoms with Gasteiger partial charge in [0.2, 0.25) is 11.8 Å². The Morgan fingerprint density at radius 3 is 2.84 bits per heavy atom.